The van der Waals surface area contributed by atoms with Crippen LogP contribution in [0.25, 0.3) is 0 Å². The Morgan fingerprint density at radius 1 is 1.32 bits per heavy atom. The Balaban J connectivity index is 2.86. The van der Waals surface area contributed by atoms with Crippen LogP contribution in [0.1, 0.15) is 39.2 Å². The van der Waals surface area contributed by atoms with Gasteiger partial charge in [-0.1, -0.05) is 31.5 Å². The number of halogens is 2. The molecule has 0 fully saturated rings. The van der Waals surface area contributed by atoms with Gasteiger partial charge in [-0.2, -0.15) is 0 Å². The summed E-state index contributed by atoms with van der Waals surface area (Å²) in [5, 5.41) is 10.5. The van der Waals surface area contributed by atoms with Crippen LogP contribution in [0.2, 0.25) is 5.02 Å². The monoisotopic (exact) mass is 288 g/mol. The third-order valence-corrected chi connectivity index (χ3v) is 3.96. The molecule has 1 N–H and O–H groups in total. The van der Waals surface area contributed by atoms with E-state index < -0.39 is 17.5 Å². The van der Waals surface area contributed by atoms with E-state index in [1.807, 2.05) is 20.8 Å². The first-order chi connectivity index (χ1) is 8.99. The molecule has 19 heavy (non-hydrogen) atoms. The van der Waals surface area contributed by atoms with Gasteiger partial charge in [0.25, 0.3) is 0 Å². The standard InChI is InChI=1S/C15H22ClFO2/c1-4-15(5-2,19-6-3)14(18)10-11-7-8-12(16)13(17)9-11/h7-9,14,18H,4-6,10H2,1-3H3. The first-order valence-electron chi connectivity index (χ1n) is 6.75. The van der Waals surface area contributed by atoms with Crippen molar-refractivity contribution in [2.45, 2.75) is 51.7 Å². The van der Waals surface area contributed by atoms with Gasteiger partial charge in [-0.15, -0.1) is 0 Å². The molecule has 0 bridgehead atoms. The first-order valence-corrected chi connectivity index (χ1v) is 7.12. The molecule has 0 saturated heterocycles. The number of aliphatic hydroxyl groups excluding tert-OH is 1. The van der Waals surface area contributed by atoms with Crippen LogP contribution in [-0.4, -0.2) is 23.4 Å². The number of hydrogen-bond donors (Lipinski definition) is 1. The van der Waals surface area contributed by atoms with Gasteiger partial charge in [0, 0.05) is 13.0 Å². The SMILES string of the molecule is CCOC(CC)(CC)C(O)Cc1ccc(Cl)c(F)c1. The Kier molecular flexibility index (Phi) is 6.24. The molecule has 0 amide bonds. The van der Waals surface area contributed by atoms with Crippen molar-refractivity contribution in [2.24, 2.45) is 0 Å². The highest BCUT2D eigenvalue weighted by Gasteiger charge is 2.35. The normalized spacial score (nSPS) is 13.6. The van der Waals surface area contributed by atoms with E-state index in [1.54, 1.807) is 6.07 Å². The van der Waals surface area contributed by atoms with Crippen LogP contribution in [0.4, 0.5) is 4.39 Å². The van der Waals surface area contributed by atoms with Gasteiger partial charge in [-0.25, -0.2) is 4.39 Å². The van der Waals surface area contributed by atoms with Crippen molar-refractivity contribution in [3.05, 3.63) is 34.6 Å². The lowest BCUT2D eigenvalue weighted by atomic mass is 9.86. The van der Waals surface area contributed by atoms with Gasteiger partial charge in [0.2, 0.25) is 0 Å². The van der Waals surface area contributed by atoms with Crippen LogP contribution < -0.4 is 0 Å². The second-order valence-electron chi connectivity index (χ2n) is 4.67. The van der Waals surface area contributed by atoms with Crippen molar-refractivity contribution in [3.8, 4) is 0 Å². The van der Waals surface area contributed by atoms with Crippen molar-refractivity contribution in [1.29, 1.82) is 0 Å². The summed E-state index contributed by atoms with van der Waals surface area (Å²) in [6, 6.07) is 4.61. The molecule has 0 saturated carbocycles. The molecule has 1 rings (SSSR count). The maximum atomic E-state index is 13.4. The highest BCUT2D eigenvalue weighted by atomic mass is 35.5. The van der Waals surface area contributed by atoms with Gasteiger partial charge in [-0.05, 0) is 37.5 Å². The zero-order valence-corrected chi connectivity index (χ0v) is 12.5. The smallest absolute Gasteiger partial charge is 0.142 e. The number of rotatable bonds is 7. The van der Waals surface area contributed by atoms with Crippen molar-refractivity contribution < 1.29 is 14.2 Å². The quantitative estimate of drug-likeness (QED) is 0.822. The van der Waals surface area contributed by atoms with Crippen molar-refractivity contribution in [1.82, 2.24) is 0 Å². The van der Waals surface area contributed by atoms with E-state index in [9.17, 15) is 9.50 Å². The summed E-state index contributed by atoms with van der Waals surface area (Å²) in [4.78, 5) is 0. The molecule has 1 aromatic rings. The lowest BCUT2D eigenvalue weighted by Crippen LogP contribution is -2.45. The second kappa shape index (κ2) is 7.22. The first kappa shape index (κ1) is 16.4. The molecule has 0 aliphatic carbocycles. The van der Waals surface area contributed by atoms with Gasteiger partial charge in [-0.3, -0.25) is 0 Å². The van der Waals surface area contributed by atoms with Crippen molar-refractivity contribution >= 4 is 11.6 Å². The van der Waals surface area contributed by atoms with Crippen LogP contribution in [-0.2, 0) is 11.2 Å². The maximum Gasteiger partial charge on any atom is 0.142 e. The largest absolute Gasteiger partial charge is 0.390 e. The molecular weight excluding hydrogens is 267 g/mol. The summed E-state index contributed by atoms with van der Waals surface area (Å²) in [5.74, 6) is -0.457. The minimum Gasteiger partial charge on any atom is -0.390 e. The van der Waals surface area contributed by atoms with Gasteiger partial charge in [0.05, 0.1) is 16.7 Å². The van der Waals surface area contributed by atoms with Crippen LogP contribution in [0.15, 0.2) is 18.2 Å². The van der Waals surface area contributed by atoms with E-state index in [0.717, 1.165) is 5.56 Å². The van der Waals surface area contributed by atoms with E-state index >= 15 is 0 Å². The van der Waals surface area contributed by atoms with Gasteiger partial charge < -0.3 is 9.84 Å². The molecule has 1 unspecified atom stereocenters. The number of hydrogen-bond acceptors (Lipinski definition) is 2. The Bertz CT molecular complexity index is 405. The number of benzene rings is 1. The topological polar surface area (TPSA) is 29.5 Å². The number of ether oxygens (including phenoxy) is 1. The van der Waals surface area contributed by atoms with E-state index in [0.29, 0.717) is 25.9 Å². The van der Waals surface area contributed by atoms with Crippen LogP contribution >= 0.6 is 11.6 Å². The molecular formula is C15H22ClFO2. The van der Waals surface area contributed by atoms with E-state index in [4.69, 9.17) is 16.3 Å². The lowest BCUT2D eigenvalue weighted by molar-refractivity contribution is -0.124. The van der Waals surface area contributed by atoms with E-state index in [-0.39, 0.29) is 5.02 Å². The molecule has 1 atom stereocenters. The Labute approximate surface area is 119 Å². The van der Waals surface area contributed by atoms with Crippen LogP contribution in [0.5, 0.6) is 0 Å². The van der Waals surface area contributed by atoms with Gasteiger partial charge in [0.15, 0.2) is 0 Å². The highest BCUT2D eigenvalue weighted by Crippen LogP contribution is 2.28. The molecule has 0 aromatic heterocycles. The Morgan fingerprint density at radius 3 is 2.42 bits per heavy atom. The van der Waals surface area contributed by atoms with E-state index in [2.05, 4.69) is 0 Å². The molecule has 4 heteroatoms. The molecule has 2 nitrogen and oxygen atoms in total. The Morgan fingerprint density at radius 2 is 1.95 bits per heavy atom. The molecule has 0 radical (unpaired) electrons. The number of aliphatic hydroxyl groups is 1. The average molecular weight is 289 g/mol. The second-order valence-corrected chi connectivity index (χ2v) is 5.08. The minimum absolute atomic E-state index is 0.0975. The zero-order chi connectivity index (χ0) is 14.5. The molecule has 0 aliphatic rings. The third-order valence-electron chi connectivity index (χ3n) is 3.65. The summed E-state index contributed by atoms with van der Waals surface area (Å²) < 4.78 is 19.1. The third kappa shape index (κ3) is 3.91. The van der Waals surface area contributed by atoms with Crippen LogP contribution in [0, 0.1) is 5.82 Å². The van der Waals surface area contributed by atoms with Crippen LogP contribution in [0.3, 0.4) is 0 Å². The molecule has 0 aliphatic heterocycles. The summed E-state index contributed by atoms with van der Waals surface area (Å²) in [5.41, 5.74) is 0.158. The average Bonchev–Trinajstić information content (AvgIpc) is 2.40. The predicted molar refractivity (Wildman–Crippen MR) is 76.1 cm³/mol. The predicted octanol–water partition coefficient (Wildman–Crippen LogP) is 3.98. The van der Waals surface area contributed by atoms with Crippen molar-refractivity contribution in [3.63, 3.8) is 0 Å². The molecule has 1 aromatic carbocycles. The summed E-state index contributed by atoms with van der Waals surface area (Å²) in [7, 11) is 0. The molecule has 0 heterocycles. The lowest BCUT2D eigenvalue weighted by Gasteiger charge is -2.36. The summed E-state index contributed by atoms with van der Waals surface area (Å²) in [6.07, 6.45) is 1.13. The minimum atomic E-state index is -0.664. The maximum absolute atomic E-state index is 13.4. The van der Waals surface area contributed by atoms with Gasteiger partial charge in [0.1, 0.15) is 5.82 Å². The molecule has 108 valence electrons. The fraction of sp³-hybridized carbons (Fsp3) is 0.600. The van der Waals surface area contributed by atoms with Gasteiger partial charge >= 0.3 is 0 Å². The highest BCUT2D eigenvalue weighted by molar-refractivity contribution is 6.30. The summed E-state index contributed by atoms with van der Waals surface area (Å²) in [6.45, 7) is 6.44. The molecule has 0 spiro atoms. The fourth-order valence-corrected chi connectivity index (χ4v) is 2.50. The zero-order valence-electron chi connectivity index (χ0n) is 11.7. The fourth-order valence-electron chi connectivity index (χ4n) is 2.38. The summed E-state index contributed by atoms with van der Waals surface area (Å²) >= 11 is 5.65. The van der Waals surface area contributed by atoms with E-state index in [1.165, 1.54) is 12.1 Å². The van der Waals surface area contributed by atoms with Crippen molar-refractivity contribution in [2.75, 3.05) is 6.61 Å². The Hall–Kier alpha value is -0.640.